The number of hydrogen-bond acceptors (Lipinski definition) is 7. The van der Waals surface area contributed by atoms with Crippen molar-refractivity contribution in [1.82, 2.24) is 15.1 Å². The fourth-order valence-corrected chi connectivity index (χ4v) is 2.83. The number of carbonyl (C=O) groups excluding carboxylic acids is 1. The van der Waals surface area contributed by atoms with Crippen LogP contribution >= 0.6 is 0 Å². The Morgan fingerprint density at radius 1 is 0.897 bits per heavy atom. The van der Waals surface area contributed by atoms with Gasteiger partial charge in [0.15, 0.2) is 11.6 Å². The van der Waals surface area contributed by atoms with Crippen LogP contribution in [0.1, 0.15) is 23.0 Å². The normalized spacial score (nSPS) is 10.6. The minimum atomic E-state index is -0.00337. The maximum atomic E-state index is 11.7. The molecule has 0 spiro atoms. The lowest BCUT2D eigenvalue weighted by Gasteiger charge is -2.11. The van der Waals surface area contributed by atoms with Gasteiger partial charge in [0.25, 0.3) is 0 Å². The summed E-state index contributed by atoms with van der Waals surface area (Å²) < 4.78 is 5.11. The molecule has 29 heavy (non-hydrogen) atoms. The number of aryl methyl sites for hydroxylation is 1. The monoisotopic (exact) mass is 385 g/mol. The van der Waals surface area contributed by atoms with Gasteiger partial charge >= 0.3 is 0 Å². The van der Waals surface area contributed by atoms with Crippen molar-refractivity contribution >= 4 is 29.1 Å². The summed E-state index contributed by atoms with van der Waals surface area (Å²) in [5, 5.41) is 10.3. The van der Waals surface area contributed by atoms with Gasteiger partial charge in [-0.1, -0.05) is 47.6 Å². The lowest BCUT2D eigenvalue weighted by molar-refractivity contribution is 0.101. The van der Waals surface area contributed by atoms with Gasteiger partial charge in [0.2, 0.25) is 5.95 Å². The molecule has 4 aromatic rings. The molecule has 0 aliphatic heterocycles. The molecule has 0 saturated carbocycles. The number of nitrogens with zero attached hydrogens (tertiary/aromatic N) is 3. The molecule has 144 valence electrons. The molecule has 0 radical (unpaired) electrons. The number of ketones is 1. The minimum absolute atomic E-state index is 0.00337. The van der Waals surface area contributed by atoms with E-state index in [1.54, 1.807) is 18.2 Å². The van der Waals surface area contributed by atoms with Crippen LogP contribution in [0, 0.1) is 6.92 Å². The molecule has 2 aromatic heterocycles. The molecule has 0 fully saturated rings. The Hall–Kier alpha value is -4.00. The molecule has 0 bridgehead atoms. The molecule has 0 unspecified atom stereocenters. The van der Waals surface area contributed by atoms with Gasteiger partial charge in [0.1, 0.15) is 11.6 Å². The highest BCUT2D eigenvalue weighted by Gasteiger charge is 2.10. The number of anilines is 4. The Kier molecular flexibility index (Phi) is 5.03. The number of aromatic nitrogens is 3. The van der Waals surface area contributed by atoms with E-state index < -0.39 is 0 Å². The van der Waals surface area contributed by atoms with Gasteiger partial charge in [0.05, 0.1) is 5.69 Å². The predicted octanol–water partition coefficient (Wildman–Crippen LogP) is 5.13. The van der Waals surface area contributed by atoms with Crippen LogP contribution in [-0.2, 0) is 0 Å². The van der Waals surface area contributed by atoms with Crippen molar-refractivity contribution in [3.8, 4) is 11.3 Å². The molecule has 2 aromatic carbocycles. The van der Waals surface area contributed by atoms with Gasteiger partial charge in [-0.2, -0.15) is 4.98 Å². The molecular formula is C22H19N5O2. The lowest BCUT2D eigenvalue weighted by atomic mass is 10.1. The Morgan fingerprint density at radius 3 is 2.45 bits per heavy atom. The summed E-state index contributed by atoms with van der Waals surface area (Å²) in [6.07, 6.45) is 0. The van der Waals surface area contributed by atoms with Crippen molar-refractivity contribution in [2.24, 2.45) is 0 Å². The van der Waals surface area contributed by atoms with Gasteiger partial charge in [-0.15, -0.1) is 0 Å². The summed E-state index contributed by atoms with van der Waals surface area (Å²) in [4.78, 5) is 20.8. The Balaban J connectivity index is 1.71. The quantitative estimate of drug-likeness (QED) is 0.444. The third-order valence-corrected chi connectivity index (χ3v) is 4.21. The molecule has 0 atom stereocenters. The number of benzene rings is 2. The zero-order chi connectivity index (χ0) is 20.2. The second-order valence-electron chi connectivity index (χ2n) is 6.54. The Morgan fingerprint density at radius 2 is 1.72 bits per heavy atom. The van der Waals surface area contributed by atoms with E-state index in [2.05, 4.69) is 25.8 Å². The summed E-state index contributed by atoms with van der Waals surface area (Å²) in [6, 6.07) is 20.7. The van der Waals surface area contributed by atoms with E-state index in [9.17, 15) is 4.79 Å². The fourth-order valence-electron chi connectivity index (χ4n) is 2.83. The highest BCUT2D eigenvalue weighted by molar-refractivity contribution is 5.95. The average molecular weight is 385 g/mol. The second-order valence-corrected chi connectivity index (χ2v) is 6.54. The van der Waals surface area contributed by atoms with Crippen LogP contribution < -0.4 is 10.6 Å². The van der Waals surface area contributed by atoms with Crippen LogP contribution in [0.4, 0.5) is 23.3 Å². The van der Waals surface area contributed by atoms with Crippen molar-refractivity contribution in [3.63, 3.8) is 0 Å². The summed E-state index contributed by atoms with van der Waals surface area (Å²) in [6.45, 7) is 3.36. The maximum absolute atomic E-state index is 11.7. The van der Waals surface area contributed by atoms with Gasteiger partial charge in [-0.25, -0.2) is 4.98 Å². The van der Waals surface area contributed by atoms with Gasteiger partial charge < -0.3 is 15.2 Å². The van der Waals surface area contributed by atoms with Crippen LogP contribution in [0.15, 0.2) is 71.3 Å². The summed E-state index contributed by atoms with van der Waals surface area (Å²) in [5.74, 6) is 2.22. The van der Waals surface area contributed by atoms with Gasteiger partial charge in [0, 0.05) is 28.9 Å². The Labute approximate surface area is 167 Å². The highest BCUT2D eigenvalue weighted by atomic mass is 16.5. The van der Waals surface area contributed by atoms with Crippen LogP contribution in [0.3, 0.4) is 0 Å². The third kappa shape index (κ3) is 4.47. The molecule has 7 heteroatoms. The number of rotatable bonds is 6. The molecule has 0 saturated heterocycles. The van der Waals surface area contributed by atoms with E-state index >= 15 is 0 Å². The average Bonchev–Trinajstić information content (AvgIpc) is 3.13. The van der Waals surface area contributed by atoms with Crippen molar-refractivity contribution in [2.75, 3.05) is 10.6 Å². The van der Waals surface area contributed by atoms with Crippen molar-refractivity contribution in [1.29, 1.82) is 0 Å². The van der Waals surface area contributed by atoms with Crippen molar-refractivity contribution in [2.45, 2.75) is 13.8 Å². The topological polar surface area (TPSA) is 92.9 Å². The number of nitrogens with one attached hydrogen (secondary N) is 2. The number of carbonyl (C=O) groups is 1. The zero-order valence-electron chi connectivity index (χ0n) is 16.0. The first-order chi connectivity index (χ1) is 14.1. The van der Waals surface area contributed by atoms with E-state index in [4.69, 9.17) is 4.52 Å². The first-order valence-corrected chi connectivity index (χ1v) is 9.10. The fraction of sp³-hybridized carbons (Fsp3) is 0.0909. The highest BCUT2D eigenvalue weighted by Crippen LogP contribution is 2.25. The van der Waals surface area contributed by atoms with Crippen molar-refractivity contribution in [3.05, 3.63) is 78.1 Å². The SMILES string of the molecule is CC(=O)c1cccc(Nc2nc(Nc3cc(C)on3)cc(-c3ccccc3)n2)c1. The van der Waals surface area contributed by atoms with Gasteiger partial charge in [-0.05, 0) is 26.0 Å². The minimum Gasteiger partial charge on any atom is -0.360 e. The molecule has 0 amide bonds. The number of Topliss-reactive ketones (excluding diaryl/α,β-unsaturated/α-hetero) is 1. The standard InChI is InChI=1S/C22H19N5O2/c1-14-11-21(27-29-14)25-20-13-19(16-7-4-3-5-8-16)24-22(26-20)23-18-10-6-9-17(12-18)15(2)28/h3-13H,1-2H3,(H2,23,24,25,26,27). The van der Waals surface area contributed by atoms with E-state index in [1.807, 2.05) is 55.5 Å². The van der Waals surface area contributed by atoms with Crippen LogP contribution in [0.2, 0.25) is 0 Å². The predicted molar refractivity (Wildman–Crippen MR) is 112 cm³/mol. The van der Waals surface area contributed by atoms with E-state index in [-0.39, 0.29) is 5.78 Å². The van der Waals surface area contributed by atoms with Gasteiger partial charge in [-0.3, -0.25) is 4.79 Å². The zero-order valence-corrected chi connectivity index (χ0v) is 16.0. The molecule has 2 N–H and O–H groups in total. The molecular weight excluding hydrogens is 366 g/mol. The molecule has 0 aliphatic rings. The molecule has 2 heterocycles. The third-order valence-electron chi connectivity index (χ3n) is 4.21. The maximum Gasteiger partial charge on any atom is 0.229 e. The molecule has 7 nitrogen and oxygen atoms in total. The molecule has 0 aliphatic carbocycles. The van der Waals surface area contributed by atoms with E-state index in [1.165, 1.54) is 6.92 Å². The Bertz CT molecular complexity index is 1150. The van der Waals surface area contributed by atoms with Crippen LogP contribution in [0.5, 0.6) is 0 Å². The van der Waals surface area contributed by atoms with E-state index in [0.29, 0.717) is 28.9 Å². The summed E-state index contributed by atoms with van der Waals surface area (Å²) in [7, 11) is 0. The van der Waals surface area contributed by atoms with E-state index in [0.717, 1.165) is 16.9 Å². The molecule has 4 rings (SSSR count). The summed E-state index contributed by atoms with van der Waals surface area (Å²) >= 11 is 0. The van der Waals surface area contributed by atoms with Crippen LogP contribution in [0.25, 0.3) is 11.3 Å². The largest absolute Gasteiger partial charge is 0.360 e. The smallest absolute Gasteiger partial charge is 0.229 e. The lowest BCUT2D eigenvalue weighted by Crippen LogP contribution is -2.03. The first-order valence-electron chi connectivity index (χ1n) is 9.10. The first kappa shape index (κ1) is 18.4. The van der Waals surface area contributed by atoms with Crippen molar-refractivity contribution < 1.29 is 9.32 Å². The second kappa shape index (κ2) is 7.93. The number of hydrogen-bond donors (Lipinski definition) is 2. The van der Waals surface area contributed by atoms with Crippen LogP contribution in [-0.4, -0.2) is 20.9 Å². The summed E-state index contributed by atoms with van der Waals surface area (Å²) in [5.41, 5.74) is 3.04.